The number of hydrogen-bond donors (Lipinski definition) is 2. The number of halogens is 1. The lowest BCUT2D eigenvalue weighted by Gasteiger charge is -2.34. The van der Waals surface area contributed by atoms with E-state index in [9.17, 15) is 4.39 Å². The van der Waals surface area contributed by atoms with Crippen LogP contribution in [-0.2, 0) is 19.5 Å². The molecule has 4 nitrogen and oxygen atoms in total. The maximum atomic E-state index is 13.7. The Morgan fingerprint density at radius 1 is 1.12 bits per heavy atom. The second-order valence-electron chi connectivity index (χ2n) is 6.74. The second-order valence-corrected chi connectivity index (χ2v) is 6.74. The Labute approximate surface area is 155 Å². The summed E-state index contributed by atoms with van der Waals surface area (Å²) in [5.74, 6) is 0.494. The lowest BCUT2D eigenvalue weighted by Crippen LogP contribution is -2.47. The lowest BCUT2D eigenvalue weighted by molar-refractivity contribution is 0.191. The van der Waals surface area contributed by atoms with Crippen LogP contribution in [0.3, 0.4) is 0 Å². The van der Waals surface area contributed by atoms with Crippen LogP contribution >= 0.6 is 0 Å². The number of nitrogens with one attached hydrogen (secondary N) is 2. The molecule has 5 heteroatoms. The van der Waals surface area contributed by atoms with E-state index in [4.69, 9.17) is 0 Å². The van der Waals surface area contributed by atoms with Crippen molar-refractivity contribution in [2.45, 2.75) is 32.5 Å². The van der Waals surface area contributed by atoms with Crippen molar-refractivity contribution in [1.82, 2.24) is 15.5 Å². The average molecular weight is 354 g/mol. The fourth-order valence-corrected chi connectivity index (χ4v) is 3.31. The number of benzene rings is 2. The average Bonchev–Trinajstić information content (AvgIpc) is 2.68. The molecule has 0 radical (unpaired) electrons. The molecule has 1 heterocycles. The van der Waals surface area contributed by atoms with E-state index in [1.165, 1.54) is 17.2 Å². The molecule has 3 rings (SSSR count). The molecular weight excluding hydrogens is 327 g/mol. The molecule has 0 fully saturated rings. The Bertz CT molecular complexity index is 759. The molecule has 26 heavy (non-hydrogen) atoms. The van der Waals surface area contributed by atoms with Gasteiger partial charge in [0.1, 0.15) is 5.82 Å². The maximum absolute atomic E-state index is 13.7. The first-order chi connectivity index (χ1) is 12.7. The molecule has 138 valence electrons. The fraction of sp³-hybridized carbons (Fsp3) is 0.381. The highest BCUT2D eigenvalue weighted by Crippen LogP contribution is 2.19. The molecule has 1 aliphatic heterocycles. The predicted octanol–water partition coefficient (Wildman–Crippen LogP) is 2.94. The first-order valence-corrected chi connectivity index (χ1v) is 9.16. The Morgan fingerprint density at radius 2 is 1.85 bits per heavy atom. The van der Waals surface area contributed by atoms with Gasteiger partial charge in [0.15, 0.2) is 5.96 Å². The summed E-state index contributed by atoms with van der Waals surface area (Å²) in [4.78, 5) is 6.72. The van der Waals surface area contributed by atoms with Crippen LogP contribution in [0.1, 0.15) is 23.6 Å². The van der Waals surface area contributed by atoms with E-state index < -0.39 is 0 Å². The van der Waals surface area contributed by atoms with Crippen molar-refractivity contribution in [2.75, 3.05) is 20.1 Å². The number of guanidine groups is 1. The van der Waals surface area contributed by atoms with E-state index in [-0.39, 0.29) is 5.82 Å². The monoisotopic (exact) mass is 354 g/mol. The van der Waals surface area contributed by atoms with Crippen molar-refractivity contribution >= 4 is 5.96 Å². The molecular formula is C21H27FN4. The number of hydrogen-bond acceptors (Lipinski definition) is 2. The molecule has 0 saturated carbocycles. The molecule has 0 amide bonds. The highest BCUT2D eigenvalue weighted by Gasteiger charge is 2.20. The molecule has 2 aromatic rings. The van der Waals surface area contributed by atoms with Crippen LogP contribution < -0.4 is 10.6 Å². The van der Waals surface area contributed by atoms with E-state index in [1.54, 1.807) is 19.2 Å². The van der Waals surface area contributed by atoms with E-state index >= 15 is 0 Å². The van der Waals surface area contributed by atoms with Gasteiger partial charge in [-0.05, 0) is 30.5 Å². The minimum absolute atomic E-state index is 0.198. The van der Waals surface area contributed by atoms with Gasteiger partial charge in [-0.15, -0.1) is 0 Å². The molecule has 0 saturated heterocycles. The normalized spacial score (nSPS) is 16.0. The molecule has 0 aliphatic carbocycles. The van der Waals surface area contributed by atoms with Crippen molar-refractivity contribution in [3.05, 3.63) is 71.0 Å². The fourth-order valence-electron chi connectivity index (χ4n) is 3.31. The summed E-state index contributed by atoms with van der Waals surface area (Å²) < 4.78 is 13.7. The lowest BCUT2D eigenvalue weighted by atomic mass is 9.99. The molecule has 0 spiro atoms. The van der Waals surface area contributed by atoms with Crippen LogP contribution in [0.4, 0.5) is 4.39 Å². The second kappa shape index (κ2) is 8.81. The minimum atomic E-state index is -0.198. The van der Waals surface area contributed by atoms with Crippen molar-refractivity contribution in [3.8, 4) is 0 Å². The molecule has 0 aromatic heterocycles. The van der Waals surface area contributed by atoms with Crippen LogP contribution in [0.2, 0.25) is 0 Å². The number of nitrogens with zero attached hydrogens (tertiary/aromatic N) is 2. The van der Waals surface area contributed by atoms with Crippen LogP contribution in [0, 0.1) is 5.82 Å². The summed E-state index contributed by atoms with van der Waals surface area (Å²) in [6.07, 6.45) is 1.10. The summed E-state index contributed by atoms with van der Waals surface area (Å²) in [6.45, 7) is 5.49. The van der Waals surface area contributed by atoms with Crippen LogP contribution in [0.15, 0.2) is 53.5 Å². The zero-order valence-electron chi connectivity index (χ0n) is 15.5. The highest BCUT2D eigenvalue weighted by molar-refractivity contribution is 5.79. The maximum Gasteiger partial charge on any atom is 0.191 e. The zero-order valence-corrected chi connectivity index (χ0v) is 15.5. The van der Waals surface area contributed by atoms with Gasteiger partial charge >= 0.3 is 0 Å². The number of aliphatic imine (C=N–C) groups is 1. The first kappa shape index (κ1) is 18.4. The molecule has 2 aromatic carbocycles. The van der Waals surface area contributed by atoms with Crippen molar-refractivity contribution in [3.63, 3.8) is 0 Å². The largest absolute Gasteiger partial charge is 0.355 e. The van der Waals surface area contributed by atoms with Crippen molar-refractivity contribution in [1.29, 1.82) is 0 Å². The van der Waals surface area contributed by atoms with Gasteiger partial charge in [0, 0.05) is 44.8 Å². The minimum Gasteiger partial charge on any atom is -0.355 e. The van der Waals surface area contributed by atoms with E-state index in [2.05, 4.69) is 51.7 Å². The van der Waals surface area contributed by atoms with Gasteiger partial charge in [-0.25, -0.2) is 4.39 Å². The van der Waals surface area contributed by atoms with Gasteiger partial charge in [-0.1, -0.05) is 42.5 Å². The van der Waals surface area contributed by atoms with Crippen LogP contribution in [-0.4, -0.2) is 37.0 Å². The summed E-state index contributed by atoms with van der Waals surface area (Å²) in [7, 11) is 1.73. The highest BCUT2D eigenvalue weighted by atomic mass is 19.1. The first-order valence-electron chi connectivity index (χ1n) is 9.16. The van der Waals surface area contributed by atoms with Gasteiger partial charge in [0.2, 0.25) is 0 Å². The van der Waals surface area contributed by atoms with Gasteiger partial charge in [-0.2, -0.15) is 0 Å². The van der Waals surface area contributed by atoms with Gasteiger partial charge in [0.05, 0.1) is 0 Å². The van der Waals surface area contributed by atoms with E-state index in [0.29, 0.717) is 24.1 Å². The van der Waals surface area contributed by atoms with Crippen LogP contribution in [0.5, 0.6) is 0 Å². The summed E-state index contributed by atoms with van der Waals surface area (Å²) in [5.41, 5.74) is 3.52. The Hall–Kier alpha value is -2.40. The van der Waals surface area contributed by atoms with Crippen molar-refractivity contribution < 1.29 is 4.39 Å². The SMILES string of the molecule is CN=C(NCc1ccccc1F)NCC(C)N1CCc2ccccc2C1. The number of rotatable bonds is 5. The molecule has 1 aliphatic rings. The summed E-state index contributed by atoms with van der Waals surface area (Å²) in [5, 5.41) is 6.54. The molecule has 0 bridgehead atoms. The Kier molecular flexibility index (Phi) is 6.23. The summed E-state index contributed by atoms with van der Waals surface area (Å²) in [6, 6.07) is 15.9. The topological polar surface area (TPSA) is 39.7 Å². The van der Waals surface area contributed by atoms with Crippen LogP contribution in [0.25, 0.3) is 0 Å². The van der Waals surface area contributed by atoms with Gasteiger partial charge in [-0.3, -0.25) is 9.89 Å². The molecule has 1 unspecified atom stereocenters. The van der Waals surface area contributed by atoms with Gasteiger partial charge in [0.25, 0.3) is 0 Å². The Balaban J connectivity index is 1.49. The smallest absolute Gasteiger partial charge is 0.191 e. The third kappa shape index (κ3) is 4.61. The number of fused-ring (bicyclic) bond motifs is 1. The Morgan fingerprint density at radius 3 is 2.62 bits per heavy atom. The third-order valence-corrected chi connectivity index (χ3v) is 4.98. The van der Waals surface area contributed by atoms with E-state index in [0.717, 1.165) is 26.1 Å². The molecule has 2 N–H and O–H groups in total. The van der Waals surface area contributed by atoms with Crippen molar-refractivity contribution in [2.24, 2.45) is 4.99 Å². The third-order valence-electron chi connectivity index (χ3n) is 4.98. The molecule has 1 atom stereocenters. The van der Waals surface area contributed by atoms with Gasteiger partial charge < -0.3 is 10.6 Å². The predicted molar refractivity (Wildman–Crippen MR) is 105 cm³/mol. The quantitative estimate of drug-likeness (QED) is 0.641. The standard InChI is InChI=1S/C21H27FN4/c1-16(26-12-11-17-7-3-4-9-19(17)15-26)13-24-21(23-2)25-14-18-8-5-6-10-20(18)22/h3-10,16H,11-15H2,1-2H3,(H2,23,24,25). The summed E-state index contributed by atoms with van der Waals surface area (Å²) >= 11 is 0. The van der Waals surface area contributed by atoms with E-state index in [1.807, 2.05) is 6.07 Å². The zero-order chi connectivity index (χ0) is 18.4.